The van der Waals surface area contributed by atoms with Crippen LogP contribution in [0.1, 0.15) is 146 Å². The number of carbonyl (C=O) groups excluding carboxylic acids is 2. The third-order valence-corrected chi connectivity index (χ3v) is 12.9. The third-order valence-electron chi connectivity index (χ3n) is 12.9. The molecule has 46 heavy (non-hydrogen) atoms. The first-order valence-electron chi connectivity index (χ1n) is 18.9. The molecular formula is C41H69NO4. The first kappa shape index (κ1) is 37.4. The highest BCUT2D eigenvalue weighted by Gasteiger charge is 2.57. The molecule has 4 aliphatic carbocycles. The van der Waals surface area contributed by atoms with Gasteiger partial charge in [-0.25, -0.2) is 0 Å². The lowest BCUT2D eigenvalue weighted by molar-refractivity contribution is -0.131. The van der Waals surface area contributed by atoms with Crippen molar-refractivity contribution in [3.8, 4) is 0 Å². The fraction of sp³-hybridized carbons (Fsp3) is 0.854. The molecule has 0 aromatic carbocycles. The molecule has 1 amide bonds. The van der Waals surface area contributed by atoms with Crippen molar-refractivity contribution >= 4 is 11.7 Å². The lowest BCUT2D eigenvalue weighted by Gasteiger charge is -2.58. The van der Waals surface area contributed by atoms with Crippen LogP contribution < -0.4 is 5.32 Å². The standard InChI is InChI=1S/C41H69NO4/c1-28(2)12-11-13-29(3)34-16-17-35-33-15-14-31-26-32(19-22-40(31,9)36(33)20-23-41(34,35)10)45-27-37(44)42-38(5,6)24-25-46-39(7,8)21-18-30(4)43/h14,16-17,28-29,32-36H,11-13,15,18-27H2,1-10H3,(H,42,44)/t29-,32?,33+,34-,35+,36+,40+,41-/m1/s1. The van der Waals surface area contributed by atoms with Crippen molar-refractivity contribution in [2.24, 2.45) is 46.3 Å². The molecule has 0 aliphatic heterocycles. The van der Waals surface area contributed by atoms with E-state index in [1.165, 1.54) is 38.5 Å². The summed E-state index contributed by atoms with van der Waals surface area (Å²) in [4.78, 5) is 24.3. The summed E-state index contributed by atoms with van der Waals surface area (Å²) < 4.78 is 12.3. The van der Waals surface area contributed by atoms with Crippen molar-refractivity contribution in [2.75, 3.05) is 13.2 Å². The molecule has 0 saturated heterocycles. The van der Waals surface area contributed by atoms with Gasteiger partial charge in [0.15, 0.2) is 0 Å². The highest BCUT2D eigenvalue weighted by Crippen LogP contribution is 2.65. The van der Waals surface area contributed by atoms with Crippen molar-refractivity contribution in [1.82, 2.24) is 5.32 Å². The molecule has 262 valence electrons. The molecule has 5 heteroatoms. The van der Waals surface area contributed by atoms with Crippen LogP contribution >= 0.6 is 0 Å². The van der Waals surface area contributed by atoms with E-state index < -0.39 is 5.54 Å². The maximum Gasteiger partial charge on any atom is 0.246 e. The minimum Gasteiger partial charge on any atom is -0.375 e. The summed E-state index contributed by atoms with van der Waals surface area (Å²) in [6.45, 7) is 22.8. The quantitative estimate of drug-likeness (QED) is 0.171. The average Bonchev–Trinajstić information content (AvgIpc) is 3.31. The van der Waals surface area contributed by atoms with E-state index in [4.69, 9.17) is 9.47 Å². The number of hydrogen-bond acceptors (Lipinski definition) is 4. The van der Waals surface area contributed by atoms with E-state index in [1.54, 1.807) is 12.5 Å². The van der Waals surface area contributed by atoms with E-state index in [-0.39, 0.29) is 35.4 Å². The first-order valence-corrected chi connectivity index (χ1v) is 18.9. The maximum absolute atomic E-state index is 12.9. The molecule has 4 aliphatic rings. The fourth-order valence-corrected chi connectivity index (χ4v) is 9.93. The average molecular weight is 640 g/mol. The van der Waals surface area contributed by atoms with E-state index >= 15 is 0 Å². The van der Waals surface area contributed by atoms with Crippen LogP contribution in [0.2, 0.25) is 0 Å². The van der Waals surface area contributed by atoms with Crippen LogP contribution in [0, 0.1) is 46.3 Å². The highest BCUT2D eigenvalue weighted by molar-refractivity contribution is 5.78. The second-order valence-corrected chi connectivity index (χ2v) is 18.1. The number of Topliss-reactive ketones (excluding diaryl/α,β-unsaturated/α-hetero) is 1. The number of rotatable bonds is 16. The molecule has 0 aromatic heterocycles. The molecule has 0 spiro atoms. The number of ketones is 1. The zero-order valence-electron chi connectivity index (χ0n) is 31.3. The Kier molecular flexibility index (Phi) is 12.2. The normalized spacial score (nSPS) is 33.2. The summed E-state index contributed by atoms with van der Waals surface area (Å²) in [7, 11) is 0. The molecule has 2 saturated carbocycles. The molecular weight excluding hydrogens is 570 g/mol. The SMILES string of the molecule is CC(=O)CCC(C)(C)OCCC(C)(C)NC(=O)COC1CC[C@@]2(C)C(=CC[C@H]3[C@@H]4C=C[C@H]([C@H](C)CCCC(C)C)[C@@]4(C)CC[C@@H]32)C1. The van der Waals surface area contributed by atoms with Gasteiger partial charge in [0.1, 0.15) is 12.4 Å². The van der Waals surface area contributed by atoms with Crippen LogP contribution in [0.3, 0.4) is 0 Å². The Labute approximate surface area is 282 Å². The number of allylic oxidation sites excluding steroid dienone is 3. The monoisotopic (exact) mass is 640 g/mol. The Hall–Kier alpha value is -1.46. The molecule has 8 atom stereocenters. The van der Waals surface area contributed by atoms with Gasteiger partial charge in [0, 0.05) is 18.6 Å². The molecule has 1 N–H and O–H groups in total. The number of carbonyl (C=O) groups is 2. The van der Waals surface area contributed by atoms with Gasteiger partial charge in [-0.15, -0.1) is 0 Å². The Morgan fingerprint density at radius 1 is 1.02 bits per heavy atom. The number of hydrogen-bond donors (Lipinski definition) is 1. The predicted octanol–water partition coefficient (Wildman–Crippen LogP) is 9.64. The summed E-state index contributed by atoms with van der Waals surface area (Å²) in [5, 5.41) is 3.17. The van der Waals surface area contributed by atoms with Crippen molar-refractivity contribution in [3.05, 3.63) is 23.8 Å². The highest BCUT2D eigenvalue weighted by atomic mass is 16.5. The number of fused-ring (bicyclic) bond motifs is 5. The molecule has 0 aromatic rings. The zero-order valence-corrected chi connectivity index (χ0v) is 31.3. The number of amides is 1. The van der Waals surface area contributed by atoms with Crippen LogP contribution in [0.4, 0.5) is 0 Å². The van der Waals surface area contributed by atoms with Gasteiger partial charge in [-0.05, 0) is 132 Å². The fourth-order valence-electron chi connectivity index (χ4n) is 9.93. The second kappa shape index (κ2) is 15.0. The van der Waals surface area contributed by atoms with Gasteiger partial charge in [-0.2, -0.15) is 0 Å². The van der Waals surface area contributed by atoms with Gasteiger partial charge in [-0.3, -0.25) is 4.79 Å². The molecule has 4 rings (SSSR count). The van der Waals surface area contributed by atoms with Crippen LogP contribution in [-0.4, -0.2) is 42.1 Å². The van der Waals surface area contributed by atoms with Crippen molar-refractivity contribution in [1.29, 1.82) is 0 Å². The van der Waals surface area contributed by atoms with Crippen LogP contribution in [0.15, 0.2) is 23.8 Å². The van der Waals surface area contributed by atoms with Crippen LogP contribution in [0.25, 0.3) is 0 Å². The van der Waals surface area contributed by atoms with E-state index in [0.29, 0.717) is 37.2 Å². The molecule has 0 radical (unpaired) electrons. The van der Waals surface area contributed by atoms with Crippen LogP contribution in [0.5, 0.6) is 0 Å². The lowest BCUT2D eigenvalue weighted by atomic mass is 9.46. The molecule has 2 fully saturated rings. The first-order chi connectivity index (χ1) is 21.5. The molecule has 0 heterocycles. The Bertz CT molecular complexity index is 1120. The van der Waals surface area contributed by atoms with Crippen molar-refractivity contribution in [3.63, 3.8) is 0 Å². The van der Waals surface area contributed by atoms with Crippen molar-refractivity contribution in [2.45, 2.75) is 164 Å². The summed E-state index contributed by atoms with van der Waals surface area (Å²) in [6.07, 6.45) is 21.1. The Morgan fingerprint density at radius 2 is 1.76 bits per heavy atom. The van der Waals surface area contributed by atoms with Gasteiger partial charge >= 0.3 is 0 Å². The maximum atomic E-state index is 12.9. The Balaban J connectivity index is 1.26. The van der Waals surface area contributed by atoms with Gasteiger partial charge in [0.05, 0.1) is 11.7 Å². The van der Waals surface area contributed by atoms with Crippen LogP contribution in [-0.2, 0) is 19.1 Å². The summed E-state index contributed by atoms with van der Waals surface area (Å²) >= 11 is 0. The summed E-state index contributed by atoms with van der Waals surface area (Å²) in [6, 6.07) is 0. The van der Waals surface area contributed by atoms with Crippen molar-refractivity contribution < 1.29 is 19.1 Å². The summed E-state index contributed by atoms with van der Waals surface area (Å²) in [5.41, 5.74) is 1.54. The van der Waals surface area contributed by atoms with Gasteiger partial charge in [0.25, 0.3) is 0 Å². The van der Waals surface area contributed by atoms with Gasteiger partial charge < -0.3 is 19.6 Å². The second-order valence-electron chi connectivity index (χ2n) is 18.1. The molecule has 1 unspecified atom stereocenters. The summed E-state index contributed by atoms with van der Waals surface area (Å²) in [5.74, 6) is 4.64. The topological polar surface area (TPSA) is 64.6 Å². The molecule has 5 nitrogen and oxygen atoms in total. The van der Waals surface area contributed by atoms with E-state index in [1.807, 2.05) is 27.7 Å². The number of nitrogens with one attached hydrogen (secondary N) is 1. The lowest BCUT2D eigenvalue weighted by Crippen LogP contribution is -2.51. The van der Waals surface area contributed by atoms with Gasteiger partial charge in [-0.1, -0.05) is 77.7 Å². The van der Waals surface area contributed by atoms with E-state index in [0.717, 1.165) is 48.9 Å². The third kappa shape index (κ3) is 8.95. The molecule has 0 bridgehead atoms. The predicted molar refractivity (Wildman–Crippen MR) is 189 cm³/mol. The van der Waals surface area contributed by atoms with E-state index in [2.05, 4.69) is 58.2 Å². The Morgan fingerprint density at radius 3 is 2.46 bits per heavy atom. The number of ether oxygens (including phenoxy) is 2. The minimum atomic E-state index is -0.391. The van der Waals surface area contributed by atoms with Gasteiger partial charge in [0.2, 0.25) is 5.91 Å². The minimum absolute atomic E-state index is 0.0561. The van der Waals surface area contributed by atoms with E-state index in [9.17, 15) is 9.59 Å². The zero-order chi connectivity index (χ0) is 33.9. The largest absolute Gasteiger partial charge is 0.375 e. The smallest absolute Gasteiger partial charge is 0.246 e.